The van der Waals surface area contributed by atoms with Crippen LogP contribution in [0.15, 0.2) is 78.9 Å². The maximum atomic E-state index is 14.5. The molecule has 0 saturated carbocycles. The maximum absolute atomic E-state index is 14.5. The highest BCUT2D eigenvalue weighted by molar-refractivity contribution is 6.40. The normalized spacial score (nSPS) is 21.2. The summed E-state index contributed by atoms with van der Waals surface area (Å²) in [5, 5.41) is 5.31. The number of rotatable bonds is 7. The molecule has 3 aliphatic heterocycles. The van der Waals surface area contributed by atoms with Gasteiger partial charge in [0.05, 0.1) is 35.1 Å². The van der Waals surface area contributed by atoms with Gasteiger partial charge < -0.3 is 19.9 Å². The molecule has 232 valence electrons. The summed E-state index contributed by atoms with van der Waals surface area (Å²) in [4.78, 5) is 20.6. The van der Waals surface area contributed by atoms with Gasteiger partial charge in [-0.3, -0.25) is 4.90 Å². The number of hydrogen-bond donors (Lipinski definition) is 1. The Hall–Kier alpha value is -3.42. The second-order valence-corrected chi connectivity index (χ2v) is 13.5. The zero-order chi connectivity index (χ0) is 31.2. The molecule has 9 heteroatoms. The van der Waals surface area contributed by atoms with Crippen molar-refractivity contribution >= 4 is 57.9 Å². The van der Waals surface area contributed by atoms with Crippen molar-refractivity contribution in [2.75, 3.05) is 24.4 Å². The van der Waals surface area contributed by atoms with Crippen LogP contribution in [0.5, 0.6) is 5.75 Å². The summed E-state index contributed by atoms with van der Waals surface area (Å²) in [5.41, 5.74) is 5.99. The number of para-hydroxylation sites is 1. The molecular weight excluding hydrogens is 627 g/mol. The van der Waals surface area contributed by atoms with Crippen molar-refractivity contribution in [1.29, 1.82) is 0 Å². The van der Waals surface area contributed by atoms with Gasteiger partial charge in [0.2, 0.25) is 0 Å². The Morgan fingerprint density at radius 1 is 0.844 bits per heavy atom. The fourth-order valence-electron chi connectivity index (χ4n) is 7.29. The van der Waals surface area contributed by atoms with Gasteiger partial charge in [-0.15, -0.1) is 0 Å². The van der Waals surface area contributed by atoms with Gasteiger partial charge >= 0.3 is 6.03 Å². The van der Waals surface area contributed by atoms with E-state index in [1.807, 2.05) is 53.4 Å². The molecule has 6 nitrogen and oxygen atoms in total. The SMILES string of the molecule is COc1ccc(CN2Cc3c(-c4ccccc4Cl)cc(NC4CC5CCC(C4)N5C)cc3N(c3c(Cl)cccc3Cl)C2=O)cc1. The lowest BCUT2D eigenvalue weighted by atomic mass is 9.93. The second kappa shape index (κ2) is 12.4. The first-order chi connectivity index (χ1) is 21.8. The third kappa shape index (κ3) is 5.74. The molecule has 2 saturated heterocycles. The Balaban J connectivity index is 1.37. The van der Waals surface area contributed by atoms with Crippen LogP contribution in [-0.2, 0) is 13.1 Å². The predicted molar refractivity (Wildman–Crippen MR) is 184 cm³/mol. The summed E-state index contributed by atoms with van der Waals surface area (Å²) in [7, 11) is 3.89. The van der Waals surface area contributed by atoms with Crippen molar-refractivity contribution < 1.29 is 9.53 Å². The van der Waals surface area contributed by atoms with Gasteiger partial charge in [0, 0.05) is 46.5 Å². The van der Waals surface area contributed by atoms with Crippen molar-refractivity contribution in [3.8, 4) is 16.9 Å². The number of amides is 2. The summed E-state index contributed by atoms with van der Waals surface area (Å²) in [5.74, 6) is 0.761. The van der Waals surface area contributed by atoms with Crippen LogP contribution in [0.4, 0.5) is 21.9 Å². The standard InChI is InChI=1S/C36H35Cl3N4O2/c1-41-25-12-13-26(41)17-23(16-25)40-24-18-29(28-6-3-4-7-31(28)37)30-21-42(20-22-10-14-27(45-2)15-11-22)36(44)43(34(30)19-24)35-32(38)8-5-9-33(35)39/h3-11,14-15,18-19,23,25-26,40H,12-13,16-17,20-21H2,1-2H3. The van der Waals surface area contributed by atoms with Crippen molar-refractivity contribution in [2.45, 2.75) is 56.9 Å². The molecule has 0 spiro atoms. The highest BCUT2D eigenvalue weighted by Crippen LogP contribution is 2.48. The number of nitrogens with zero attached hydrogens (tertiary/aromatic N) is 3. The Morgan fingerprint density at radius 3 is 2.18 bits per heavy atom. The molecule has 4 aromatic carbocycles. The topological polar surface area (TPSA) is 48.1 Å². The molecule has 2 fully saturated rings. The van der Waals surface area contributed by atoms with E-state index in [1.165, 1.54) is 12.8 Å². The number of anilines is 3. The number of carbonyl (C=O) groups excluding carboxylic acids is 1. The van der Waals surface area contributed by atoms with Crippen LogP contribution in [0.2, 0.25) is 15.1 Å². The molecule has 0 aromatic heterocycles. The number of hydrogen-bond acceptors (Lipinski definition) is 4. The van der Waals surface area contributed by atoms with Crippen LogP contribution >= 0.6 is 34.8 Å². The van der Waals surface area contributed by atoms with E-state index in [0.717, 1.165) is 52.2 Å². The first kappa shape index (κ1) is 30.2. The minimum Gasteiger partial charge on any atom is -0.497 e. The minimum atomic E-state index is -0.201. The minimum absolute atomic E-state index is 0.201. The molecular formula is C36H35Cl3N4O2. The smallest absolute Gasteiger partial charge is 0.329 e. The lowest BCUT2D eigenvalue weighted by molar-refractivity contribution is 0.169. The average molecular weight is 662 g/mol. The molecule has 1 N–H and O–H groups in total. The van der Waals surface area contributed by atoms with Crippen LogP contribution in [0, 0.1) is 0 Å². The van der Waals surface area contributed by atoms with Gasteiger partial charge in [-0.1, -0.05) is 71.2 Å². The molecule has 2 amide bonds. The van der Waals surface area contributed by atoms with E-state index in [4.69, 9.17) is 39.5 Å². The van der Waals surface area contributed by atoms with Gasteiger partial charge in [0.25, 0.3) is 0 Å². The van der Waals surface area contributed by atoms with Crippen LogP contribution < -0.4 is 15.0 Å². The van der Waals surface area contributed by atoms with Crippen molar-refractivity contribution in [3.63, 3.8) is 0 Å². The summed E-state index contributed by atoms with van der Waals surface area (Å²) in [6.45, 7) is 0.777. The molecule has 0 radical (unpaired) electrons. The third-order valence-electron chi connectivity index (χ3n) is 9.60. The third-order valence-corrected chi connectivity index (χ3v) is 10.5. The fourth-order valence-corrected chi connectivity index (χ4v) is 8.09. The molecule has 2 unspecified atom stereocenters. The Morgan fingerprint density at radius 2 is 1.51 bits per heavy atom. The van der Waals surface area contributed by atoms with Crippen molar-refractivity contribution in [2.24, 2.45) is 0 Å². The Bertz CT molecular complexity index is 1710. The molecule has 2 atom stereocenters. The number of carbonyl (C=O) groups is 1. The summed E-state index contributed by atoms with van der Waals surface area (Å²) >= 11 is 20.5. The highest BCUT2D eigenvalue weighted by atomic mass is 35.5. The summed E-state index contributed by atoms with van der Waals surface area (Å²) in [6.07, 6.45) is 4.65. The zero-order valence-corrected chi connectivity index (χ0v) is 27.5. The van der Waals surface area contributed by atoms with Crippen molar-refractivity contribution in [3.05, 3.63) is 105 Å². The lowest BCUT2D eigenvalue weighted by Crippen LogP contribution is -2.45. The van der Waals surface area contributed by atoms with E-state index < -0.39 is 0 Å². The van der Waals surface area contributed by atoms with Crippen LogP contribution in [-0.4, -0.2) is 48.1 Å². The number of halogens is 3. The first-order valence-corrected chi connectivity index (χ1v) is 16.5. The van der Waals surface area contributed by atoms with E-state index in [-0.39, 0.29) is 6.03 Å². The van der Waals surface area contributed by atoms with E-state index in [1.54, 1.807) is 30.2 Å². The Kier molecular flexibility index (Phi) is 8.34. The zero-order valence-electron chi connectivity index (χ0n) is 25.3. The van der Waals surface area contributed by atoms with Gasteiger partial charge in [0.15, 0.2) is 0 Å². The summed E-state index contributed by atoms with van der Waals surface area (Å²) in [6, 6.07) is 26.5. The van der Waals surface area contributed by atoms with E-state index in [2.05, 4.69) is 29.4 Å². The fraction of sp³-hybridized carbons (Fsp3) is 0.306. The number of nitrogens with one attached hydrogen (secondary N) is 1. The van der Waals surface area contributed by atoms with E-state index in [0.29, 0.717) is 52.0 Å². The molecule has 0 aliphatic carbocycles. The molecule has 3 heterocycles. The van der Waals surface area contributed by atoms with Crippen LogP contribution in [0.1, 0.15) is 36.8 Å². The molecule has 2 bridgehead atoms. The molecule has 45 heavy (non-hydrogen) atoms. The molecule has 4 aromatic rings. The first-order valence-electron chi connectivity index (χ1n) is 15.4. The quantitative estimate of drug-likeness (QED) is 0.214. The summed E-state index contributed by atoms with van der Waals surface area (Å²) < 4.78 is 5.35. The van der Waals surface area contributed by atoms with Gasteiger partial charge in [-0.05, 0) is 86.3 Å². The number of methoxy groups -OCH3 is 1. The highest BCUT2D eigenvalue weighted by Gasteiger charge is 2.39. The average Bonchev–Trinajstić information content (AvgIpc) is 3.22. The van der Waals surface area contributed by atoms with Gasteiger partial charge in [0.1, 0.15) is 5.75 Å². The van der Waals surface area contributed by atoms with E-state index >= 15 is 0 Å². The number of benzene rings is 4. The predicted octanol–water partition coefficient (Wildman–Crippen LogP) is 9.63. The van der Waals surface area contributed by atoms with Crippen molar-refractivity contribution in [1.82, 2.24) is 9.80 Å². The lowest BCUT2D eigenvalue weighted by Gasteiger charge is -2.40. The Labute approximate surface area is 279 Å². The molecule has 7 rings (SSSR count). The van der Waals surface area contributed by atoms with Gasteiger partial charge in [-0.25, -0.2) is 4.79 Å². The monoisotopic (exact) mass is 660 g/mol. The van der Waals surface area contributed by atoms with E-state index in [9.17, 15) is 4.79 Å². The molecule has 3 aliphatic rings. The second-order valence-electron chi connectivity index (χ2n) is 12.3. The van der Waals surface area contributed by atoms with Gasteiger partial charge in [-0.2, -0.15) is 0 Å². The number of urea groups is 1. The number of piperidine rings is 1. The largest absolute Gasteiger partial charge is 0.497 e. The van der Waals surface area contributed by atoms with Crippen LogP contribution in [0.25, 0.3) is 11.1 Å². The number of fused-ring (bicyclic) bond motifs is 3. The van der Waals surface area contributed by atoms with Crippen LogP contribution in [0.3, 0.4) is 0 Å². The maximum Gasteiger partial charge on any atom is 0.329 e. The number of ether oxygens (including phenoxy) is 1.